The molecule has 0 amide bonds. The fourth-order valence-electron chi connectivity index (χ4n) is 2.86. The van der Waals surface area contributed by atoms with Crippen LogP contribution in [0.15, 0.2) is 52.4 Å². The topological polar surface area (TPSA) is 89.0 Å². The first-order valence-electron chi connectivity index (χ1n) is 10.4. The van der Waals surface area contributed by atoms with E-state index >= 15 is 0 Å². The highest BCUT2D eigenvalue weighted by atomic mass is 32.2. The third-order valence-corrected chi connectivity index (χ3v) is 5.66. The Labute approximate surface area is 185 Å². The number of nitrogens with one attached hydrogen (secondary N) is 2. The summed E-state index contributed by atoms with van der Waals surface area (Å²) < 4.78 is 34.2. The van der Waals surface area contributed by atoms with Crippen LogP contribution < -0.4 is 15.4 Å². The van der Waals surface area contributed by atoms with Gasteiger partial charge in [0.05, 0.1) is 18.0 Å². The molecule has 7 nitrogen and oxygen atoms in total. The number of benzene rings is 2. The van der Waals surface area contributed by atoms with E-state index in [2.05, 4.69) is 27.8 Å². The van der Waals surface area contributed by atoms with Gasteiger partial charge in [0.15, 0.2) is 15.8 Å². The van der Waals surface area contributed by atoms with E-state index in [-0.39, 0.29) is 0 Å². The van der Waals surface area contributed by atoms with Crippen LogP contribution in [0.2, 0.25) is 0 Å². The number of nitrogens with zero attached hydrogens (tertiary/aromatic N) is 1. The summed E-state index contributed by atoms with van der Waals surface area (Å²) in [6, 6.07) is 13.0. The Balaban J connectivity index is 2.03. The van der Waals surface area contributed by atoms with Gasteiger partial charge in [0.1, 0.15) is 5.75 Å². The molecule has 0 spiro atoms. The fraction of sp³-hybridized carbons (Fsp3) is 0.435. The van der Waals surface area contributed by atoms with Gasteiger partial charge >= 0.3 is 0 Å². The second-order valence-electron chi connectivity index (χ2n) is 7.27. The Morgan fingerprint density at radius 1 is 1.06 bits per heavy atom. The molecule has 0 aromatic heterocycles. The molecule has 2 rings (SSSR count). The number of ether oxygens (including phenoxy) is 2. The van der Waals surface area contributed by atoms with E-state index in [1.807, 2.05) is 19.9 Å². The van der Waals surface area contributed by atoms with Gasteiger partial charge in [0, 0.05) is 45.0 Å². The van der Waals surface area contributed by atoms with Crippen LogP contribution in [0.1, 0.15) is 30.0 Å². The van der Waals surface area contributed by atoms with E-state index in [4.69, 9.17) is 9.47 Å². The van der Waals surface area contributed by atoms with Crippen molar-refractivity contribution in [1.82, 2.24) is 10.6 Å². The molecule has 0 bridgehead atoms. The van der Waals surface area contributed by atoms with Crippen LogP contribution in [0.25, 0.3) is 0 Å². The Bertz CT molecular complexity index is 957. The van der Waals surface area contributed by atoms with Crippen molar-refractivity contribution in [3.8, 4) is 5.75 Å². The predicted molar refractivity (Wildman–Crippen MR) is 124 cm³/mol. The van der Waals surface area contributed by atoms with Crippen LogP contribution in [-0.2, 0) is 27.7 Å². The number of hydrogen-bond donors (Lipinski definition) is 2. The van der Waals surface area contributed by atoms with Gasteiger partial charge in [0.2, 0.25) is 0 Å². The van der Waals surface area contributed by atoms with Crippen molar-refractivity contribution in [2.45, 2.75) is 38.3 Å². The van der Waals surface area contributed by atoms with Crippen molar-refractivity contribution in [1.29, 1.82) is 0 Å². The van der Waals surface area contributed by atoms with Crippen LogP contribution in [0, 0.1) is 6.92 Å². The summed E-state index contributed by atoms with van der Waals surface area (Å²) in [7, 11) is -1.51. The normalized spacial score (nSPS) is 11.9. The Kier molecular flexibility index (Phi) is 9.81. The Morgan fingerprint density at radius 2 is 1.81 bits per heavy atom. The quantitative estimate of drug-likeness (QED) is 0.313. The van der Waals surface area contributed by atoms with Crippen molar-refractivity contribution in [3.05, 3.63) is 59.2 Å². The van der Waals surface area contributed by atoms with E-state index in [9.17, 15) is 8.42 Å². The van der Waals surface area contributed by atoms with Crippen molar-refractivity contribution >= 4 is 15.8 Å². The maximum absolute atomic E-state index is 11.6. The van der Waals surface area contributed by atoms with E-state index in [1.165, 1.54) is 6.26 Å². The molecular weight excluding hydrogens is 414 g/mol. The molecule has 2 N–H and O–H groups in total. The lowest BCUT2D eigenvalue weighted by Gasteiger charge is -2.15. The van der Waals surface area contributed by atoms with Crippen molar-refractivity contribution in [2.75, 3.05) is 33.1 Å². The first-order valence-corrected chi connectivity index (χ1v) is 12.2. The van der Waals surface area contributed by atoms with Crippen molar-refractivity contribution < 1.29 is 17.9 Å². The summed E-state index contributed by atoms with van der Waals surface area (Å²) in [4.78, 5) is 4.92. The van der Waals surface area contributed by atoms with Gasteiger partial charge < -0.3 is 20.1 Å². The zero-order chi connectivity index (χ0) is 22.7. The van der Waals surface area contributed by atoms with E-state index in [0.29, 0.717) is 37.2 Å². The lowest BCUT2D eigenvalue weighted by Crippen LogP contribution is -2.36. The fourth-order valence-corrected chi connectivity index (χ4v) is 3.49. The van der Waals surface area contributed by atoms with Crippen LogP contribution in [0.4, 0.5) is 0 Å². The molecule has 0 fully saturated rings. The molecule has 8 heteroatoms. The monoisotopic (exact) mass is 447 g/mol. The van der Waals surface area contributed by atoms with Crippen molar-refractivity contribution in [3.63, 3.8) is 0 Å². The second kappa shape index (κ2) is 12.3. The second-order valence-corrected chi connectivity index (χ2v) is 9.29. The number of rotatable bonds is 11. The number of aliphatic imine (C=N–C) groups is 1. The van der Waals surface area contributed by atoms with Gasteiger partial charge in [-0.25, -0.2) is 13.4 Å². The lowest BCUT2D eigenvalue weighted by molar-refractivity contribution is 0.171. The van der Waals surface area contributed by atoms with E-state index in [0.717, 1.165) is 35.4 Å². The minimum absolute atomic E-state index is 0.308. The SMILES string of the molecule is CCNC(=NCc1ccc(S(C)(=O)=O)cc1)NCc1ccc(C)cc1OCCCOC. The summed E-state index contributed by atoms with van der Waals surface area (Å²) in [5, 5.41) is 6.58. The van der Waals surface area contributed by atoms with Crippen LogP contribution in [0.3, 0.4) is 0 Å². The molecule has 0 aliphatic rings. The summed E-state index contributed by atoms with van der Waals surface area (Å²) in [5.74, 6) is 1.54. The number of sulfone groups is 1. The first-order chi connectivity index (χ1) is 14.8. The molecular formula is C23H33N3O4S. The molecule has 0 heterocycles. The summed E-state index contributed by atoms with van der Waals surface area (Å²) in [5.41, 5.74) is 3.12. The van der Waals surface area contributed by atoms with Gasteiger partial charge in [-0.1, -0.05) is 24.3 Å². The predicted octanol–water partition coefficient (Wildman–Crippen LogP) is 3.07. The highest BCUT2D eigenvalue weighted by Crippen LogP contribution is 2.20. The van der Waals surface area contributed by atoms with Crippen molar-refractivity contribution in [2.24, 2.45) is 4.99 Å². The average molecular weight is 448 g/mol. The smallest absolute Gasteiger partial charge is 0.191 e. The van der Waals surface area contributed by atoms with Gasteiger partial charge in [0.25, 0.3) is 0 Å². The molecule has 0 aliphatic carbocycles. The molecule has 0 saturated carbocycles. The number of methoxy groups -OCH3 is 1. The van der Waals surface area contributed by atoms with Crippen LogP contribution >= 0.6 is 0 Å². The minimum Gasteiger partial charge on any atom is -0.493 e. The largest absolute Gasteiger partial charge is 0.493 e. The van der Waals surface area contributed by atoms with E-state index < -0.39 is 9.84 Å². The zero-order valence-electron chi connectivity index (χ0n) is 18.8. The third kappa shape index (κ3) is 8.59. The number of aryl methyl sites for hydroxylation is 1. The average Bonchev–Trinajstić information content (AvgIpc) is 2.74. The highest BCUT2D eigenvalue weighted by Gasteiger charge is 2.08. The summed E-state index contributed by atoms with van der Waals surface area (Å²) in [6.07, 6.45) is 2.04. The summed E-state index contributed by atoms with van der Waals surface area (Å²) >= 11 is 0. The van der Waals surface area contributed by atoms with Gasteiger partial charge in [-0.15, -0.1) is 0 Å². The Morgan fingerprint density at radius 3 is 2.45 bits per heavy atom. The molecule has 0 radical (unpaired) electrons. The number of hydrogen-bond acceptors (Lipinski definition) is 5. The number of guanidine groups is 1. The molecule has 0 aliphatic heterocycles. The lowest BCUT2D eigenvalue weighted by atomic mass is 10.1. The molecule has 0 atom stereocenters. The standard InChI is InChI=1S/C23H33N3O4S/c1-5-24-23(25-16-19-8-11-21(12-9-19)31(4,27)28)26-17-20-10-7-18(2)15-22(20)30-14-6-13-29-3/h7-12,15H,5-6,13-14,16-17H2,1-4H3,(H2,24,25,26). The van der Waals surface area contributed by atoms with Gasteiger partial charge in [-0.05, 0) is 43.2 Å². The molecule has 31 heavy (non-hydrogen) atoms. The summed E-state index contributed by atoms with van der Waals surface area (Å²) in [6.45, 7) is 7.05. The Hall–Kier alpha value is -2.58. The highest BCUT2D eigenvalue weighted by molar-refractivity contribution is 7.90. The molecule has 0 saturated heterocycles. The molecule has 170 valence electrons. The van der Waals surface area contributed by atoms with Crippen LogP contribution in [0.5, 0.6) is 5.75 Å². The van der Waals surface area contributed by atoms with Gasteiger partial charge in [-0.2, -0.15) is 0 Å². The molecule has 0 unspecified atom stereocenters. The zero-order valence-corrected chi connectivity index (χ0v) is 19.6. The maximum atomic E-state index is 11.6. The third-order valence-electron chi connectivity index (χ3n) is 4.53. The first kappa shape index (κ1) is 24.7. The van der Waals surface area contributed by atoms with Gasteiger partial charge in [-0.3, -0.25) is 0 Å². The maximum Gasteiger partial charge on any atom is 0.191 e. The molecule has 2 aromatic carbocycles. The van der Waals surface area contributed by atoms with Crippen LogP contribution in [-0.4, -0.2) is 47.5 Å². The minimum atomic E-state index is -3.20. The molecule has 2 aromatic rings. The van der Waals surface area contributed by atoms with E-state index in [1.54, 1.807) is 31.4 Å².